The van der Waals surface area contributed by atoms with Gasteiger partial charge in [-0.1, -0.05) is 12.1 Å². The molecule has 3 aromatic rings. The fourth-order valence-corrected chi connectivity index (χ4v) is 3.41. The van der Waals surface area contributed by atoms with Crippen molar-refractivity contribution in [1.82, 2.24) is 5.32 Å². The lowest BCUT2D eigenvalue weighted by atomic mass is 10.2. The number of carbonyl (C=O) groups excluding carboxylic acids is 1. The van der Waals surface area contributed by atoms with Crippen LogP contribution in [0.2, 0.25) is 0 Å². The predicted molar refractivity (Wildman–Crippen MR) is 102 cm³/mol. The Morgan fingerprint density at radius 2 is 1.96 bits per heavy atom. The van der Waals surface area contributed by atoms with Crippen LogP contribution in [0.1, 0.15) is 10.4 Å². The lowest BCUT2D eigenvalue weighted by Gasteiger charge is -2.06. The van der Waals surface area contributed by atoms with Crippen molar-refractivity contribution in [2.45, 2.75) is 6.92 Å². The third-order valence-electron chi connectivity index (χ3n) is 3.67. The van der Waals surface area contributed by atoms with Gasteiger partial charge in [0.2, 0.25) is 5.91 Å². The molecule has 0 bridgehead atoms. The number of likely N-dealkylation sites (N-methyl/N-ethyl adjacent to an activating group) is 1. The van der Waals surface area contributed by atoms with Gasteiger partial charge in [-0.2, -0.15) is 0 Å². The van der Waals surface area contributed by atoms with Crippen molar-refractivity contribution in [3.63, 3.8) is 0 Å². The fraction of sp³-hybridized carbons (Fsp3) is 0.105. The minimum Gasteiger partial charge on any atom is -0.456 e. The molecule has 0 atom stereocenters. The summed E-state index contributed by atoms with van der Waals surface area (Å²) in [5, 5.41) is 6.46. The average Bonchev–Trinajstić information content (AvgIpc) is 2.95. The van der Waals surface area contributed by atoms with E-state index >= 15 is 0 Å². The van der Waals surface area contributed by atoms with Crippen LogP contribution in [0.25, 0.3) is 16.2 Å². The molecule has 6 heteroatoms. The SMILES string of the molecule is CNC(=O)/C=C/c1ccc(Oc2c(C)sc3cc(N=O)ccc23)cc1. The van der Waals surface area contributed by atoms with Crippen LogP contribution in [0.15, 0.2) is 53.7 Å². The van der Waals surface area contributed by atoms with E-state index in [1.54, 1.807) is 36.6 Å². The zero-order valence-electron chi connectivity index (χ0n) is 13.8. The Balaban J connectivity index is 1.84. The van der Waals surface area contributed by atoms with Crippen LogP contribution in [0, 0.1) is 11.8 Å². The number of rotatable bonds is 5. The maximum Gasteiger partial charge on any atom is 0.243 e. The smallest absolute Gasteiger partial charge is 0.243 e. The summed E-state index contributed by atoms with van der Waals surface area (Å²) in [7, 11) is 1.59. The van der Waals surface area contributed by atoms with Gasteiger partial charge in [0.05, 0.1) is 0 Å². The maximum absolute atomic E-state index is 11.2. The topological polar surface area (TPSA) is 67.8 Å². The standard InChI is InChI=1S/C19H16N2O3S/c1-12-19(16-9-6-14(21-23)11-17(16)25-12)24-15-7-3-13(4-8-15)5-10-18(22)20-2/h3-11H,1-2H3,(H,20,22)/b10-5+. The fourth-order valence-electron chi connectivity index (χ4n) is 2.39. The summed E-state index contributed by atoms with van der Waals surface area (Å²) < 4.78 is 7.00. The summed E-state index contributed by atoms with van der Waals surface area (Å²) in [5.74, 6) is 1.34. The number of ether oxygens (including phenoxy) is 1. The third-order valence-corrected chi connectivity index (χ3v) is 4.72. The van der Waals surface area contributed by atoms with Gasteiger partial charge in [0.25, 0.3) is 0 Å². The van der Waals surface area contributed by atoms with E-state index in [1.807, 2.05) is 37.3 Å². The molecular formula is C19H16N2O3S. The summed E-state index contributed by atoms with van der Waals surface area (Å²) in [6.07, 6.45) is 3.22. The molecule has 1 heterocycles. The van der Waals surface area contributed by atoms with Gasteiger partial charge in [0.1, 0.15) is 17.2 Å². The molecule has 2 aromatic carbocycles. The molecule has 1 N–H and O–H groups in total. The van der Waals surface area contributed by atoms with Crippen LogP contribution in [0.5, 0.6) is 11.5 Å². The van der Waals surface area contributed by atoms with Crippen LogP contribution >= 0.6 is 11.3 Å². The summed E-state index contributed by atoms with van der Waals surface area (Å²) in [5.41, 5.74) is 1.32. The van der Waals surface area contributed by atoms with Crippen molar-refractivity contribution in [3.05, 3.63) is 63.9 Å². The molecule has 0 saturated carbocycles. The first-order chi connectivity index (χ1) is 12.1. The van der Waals surface area contributed by atoms with Crippen LogP contribution in [-0.4, -0.2) is 13.0 Å². The molecule has 0 aliphatic rings. The summed E-state index contributed by atoms with van der Waals surface area (Å²) in [6, 6.07) is 12.8. The van der Waals surface area contributed by atoms with Crippen LogP contribution in [0.3, 0.4) is 0 Å². The van der Waals surface area contributed by atoms with E-state index in [-0.39, 0.29) is 5.91 Å². The number of aryl methyl sites for hydroxylation is 1. The Labute approximate surface area is 148 Å². The van der Waals surface area contributed by atoms with Crippen molar-refractivity contribution >= 4 is 39.1 Å². The monoisotopic (exact) mass is 352 g/mol. The highest BCUT2D eigenvalue weighted by Crippen LogP contribution is 2.41. The Morgan fingerprint density at radius 3 is 2.64 bits per heavy atom. The maximum atomic E-state index is 11.2. The lowest BCUT2D eigenvalue weighted by Crippen LogP contribution is -2.13. The molecular weight excluding hydrogens is 336 g/mol. The molecule has 0 unspecified atom stereocenters. The van der Waals surface area contributed by atoms with Crippen molar-refractivity contribution in [2.75, 3.05) is 7.05 Å². The van der Waals surface area contributed by atoms with E-state index in [0.717, 1.165) is 26.3 Å². The number of nitrogens with zero attached hydrogens (tertiary/aromatic N) is 1. The van der Waals surface area contributed by atoms with Crippen molar-refractivity contribution in [3.8, 4) is 11.5 Å². The second kappa shape index (κ2) is 7.27. The quantitative estimate of drug-likeness (QED) is 0.509. The third kappa shape index (κ3) is 3.75. The molecule has 25 heavy (non-hydrogen) atoms. The number of carbonyl (C=O) groups is 1. The Morgan fingerprint density at radius 1 is 1.20 bits per heavy atom. The second-order valence-corrected chi connectivity index (χ2v) is 6.63. The Kier molecular flexibility index (Phi) is 4.90. The van der Waals surface area contributed by atoms with E-state index in [4.69, 9.17) is 4.74 Å². The van der Waals surface area contributed by atoms with Gasteiger partial charge >= 0.3 is 0 Å². The molecule has 0 aliphatic carbocycles. The highest BCUT2D eigenvalue weighted by Gasteiger charge is 2.12. The van der Waals surface area contributed by atoms with Crippen molar-refractivity contribution in [1.29, 1.82) is 0 Å². The molecule has 0 saturated heterocycles. The van der Waals surface area contributed by atoms with Gasteiger partial charge in [-0.05, 0) is 54.1 Å². The molecule has 0 spiro atoms. The van der Waals surface area contributed by atoms with Gasteiger partial charge < -0.3 is 10.1 Å². The predicted octanol–water partition coefficient (Wildman–Crippen LogP) is 5.16. The van der Waals surface area contributed by atoms with E-state index in [0.29, 0.717) is 11.4 Å². The number of thiophene rings is 1. The zero-order valence-corrected chi connectivity index (χ0v) is 14.6. The first-order valence-electron chi connectivity index (χ1n) is 7.65. The highest BCUT2D eigenvalue weighted by molar-refractivity contribution is 7.19. The number of fused-ring (bicyclic) bond motifs is 1. The second-order valence-electron chi connectivity index (χ2n) is 5.38. The molecule has 3 rings (SSSR count). The highest BCUT2D eigenvalue weighted by atomic mass is 32.1. The minimum atomic E-state index is -0.148. The van der Waals surface area contributed by atoms with E-state index in [9.17, 15) is 9.70 Å². The number of nitroso groups, excluding NO2 is 1. The minimum absolute atomic E-state index is 0.148. The molecule has 0 aliphatic heterocycles. The zero-order chi connectivity index (χ0) is 17.8. The number of nitrogens with one attached hydrogen (secondary N) is 1. The number of benzene rings is 2. The van der Waals surface area contributed by atoms with Crippen molar-refractivity contribution in [2.24, 2.45) is 5.18 Å². The van der Waals surface area contributed by atoms with Gasteiger partial charge in [0, 0.05) is 28.1 Å². The average molecular weight is 352 g/mol. The van der Waals surface area contributed by atoms with E-state index in [2.05, 4.69) is 10.5 Å². The van der Waals surface area contributed by atoms with Crippen LogP contribution in [0.4, 0.5) is 5.69 Å². The first-order valence-corrected chi connectivity index (χ1v) is 8.46. The van der Waals surface area contributed by atoms with E-state index in [1.165, 1.54) is 6.08 Å². The van der Waals surface area contributed by atoms with Crippen molar-refractivity contribution < 1.29 is 9.53 Å². The molecule has 0 radical (unpaired) electrons. The van der Waals surface area contributed by atoms with Crippen LogP contribution < -0.4 is 10.1 Å². The molecule has 5 nitrogen and oxygen atoms in total. The van der Waals surface area contributed by atoms with Gasteiger partial charge in [-0.3, -0.25) is 4.79 Å². The van der Waals surface area contributed by atoms with Gasteiger partial charge in [0.15, 0.2) is 0 Å². The Bertz CT molecular complexity index is 959. The lowest BCUT2D eigenvalue weighted by molar-refractivity contribution is -0.115. The summed E-state index contributed by atoms with van der Waals surface area (Å²) in [4.78, 5) is 22.9. The largest absolute Gasteiger partial charge is 0.456 e. The molecule has 0 fully saturated rings. The molecule has 1 amide bonds. The number of amides is 1. The normalized spacial score (nSPS) is 11.0. The number of hydrogen-bond acceptors (Lipinski definition) is 5. The van der Waals surface area contributed by atoms with Gasteiger partial charge in [-0.15, -0.1) is 16.2 Å². The summed E-state index contributed by atoms with van der Waals surface area (Å²) in [6.45, 7) is 1.98. The van der Waals surface area contributed by atoms with E-state index < -0.39 is 0 Å². The van der Waals surface area contributed by atoms with Crippen LogP contribution in [-0.2, 0) is 4.79 Å². The van der Waals surface area contributed by atoms with Gasteiger partial charge in [-0.25, -0.2) is 0 Å². The molecule has 126 valence electrons. The Hall–Kier alpha value is -2.99. The first kappa shape index (κ1) is 16.9. The molecule has 1 aromatic heterocycles. The summed E-state index contributed by atoms with van der Waals surface area (Å²) >= 11 is 1.57. The number of hydrogen-bond donors (Lipinski definition) is 1.